The van der Waals surface area contributed by atoms with Crippen LogP contribution in [0.3, 0.4) is 0 Å². The predicted octanol–water partition coefficient (Wildman–Crippen LogP) is 4.31. The number of aromatic nitrogens is 2. The van der Waals surface area contributed by atoms with Crippen molar-refractivity contribution in [3.8, 4) is 0 Å². The van der Waals surface area contributed by atoms with Crippen molar-refractivity contribution >= 4 is 17.0 Å². The molecule has 1 fully saturated rings. The summed E-state index contributed by atoms with van der Waals surface area (Å²) in [6, 6.07) is 7.62. The van der Waals surface area contributed by atoms with Gasteiger partial charge in [0.2, 0.25) is 0 Å². The number of carbonyl (C=O) groups excluding carboxylic acids is 1. The van der Waals surface area contributed by atoms with E-state index in [1.54, 1.807) is 4.90 Å². The number of aryl methyl sites for hydroxylation is 1. The fourth-order valence-corrected chi connectivity index (χ4v) is 3.71. The molecule has 3 rings (SSSR count). The highest BCUT2D eigenvalue weighted by Crippen LogP contribution is 2.25. The van der Waals surface area contributed by atoms with E-state index in [0.717, 1.165) is 43.4 Å². The Labute approximate surface area is 166 Å². The molecule has 0 atom stereocenters. The number of ether oxygens (including phenoxy) is 1. The molecule has 1 amide bonds. The molecule has 28 heavy (non-hydrogen) atoms. The number of unbranched alkanes of at least 4 members (excludes halogenated alkanes) is 1. The number of hydrogen-bond donors (Lipinski definition) is 0. The van der Waals surface area contributed by atoms with Crippen molar-refractivity contribution in [3.63, 3.8) is 0 Å². The van der Waals surface area contributed by atoms with E-state index in [0.29, 0.717) is 18.5 Å². The van der Waals surface area contributed by atoms with Gasteiger partial charge in [-0.15, -0.1) is 0 Å². The van der Waals surface area contributed by atoms with Gasteiger partial charge in [-0.25, -0.2) is 9.78 Å². The Morgan fingerprint density at radius 1 is 1.21 bits per heavy atom. The minimum Gasteiger partial charge on any atom is -0.444 e. The molecule has 1 aromatic heterocycles. The maximum atomic E-state index is 13.2. The van der Waals surface area contributed by atoms with E-state index in [1.807, 2.05) is 49.6 Å². The molecule has 2 aromatic rings. The van der Waals surface area contributed by atoms with E-state index >= 15 is 0 Å². The molecule has 1 aliphatic rings. The summed E-state index contributed by atoms with van der Waals surface area (Å²) in [5.74, 6) is 0.862. The first-order valence-corrected chi connectivity index (χ1v) is 10.3. The second-order valence-corrected chi connectivity index (χ2v) is 8.52. The molecule has 6 heteroatoms. The largest absolute Gasteiger partial charge is 0.444 e. The molecule has 1 aromatic carbocycles. The van der Waals surface area contributed by atoms with Crippen LogP contribution < -0.4 is 5.56 Å². The Hall–Kier alpha value is -2.37. The van der Waals surface area contributed by atoms with Crippen LogP contribution in [0.15, 0.2) is 29.1 Å². The summed E-state index contributed by atoms with van der Waals surface area (Å²) in [7, 11) is 0. The van der Waals surface area contributed by atoms with Crippen LogP contribution >= 0.6 is 0 Å². The van der Waals surface area contributed by atoms with E-state index in [4.69, 9.17) is 9.72 Å². The smallest absolute Gasteiger partial charge is 0.410 e. The second-order valence-electron chi connectivity index (χ2n) is 8.52. The van der Waals surface area contributed by atoms with Crippen molar-refractivity contribution in [1.29, 1.82) is 0 Å². The van der Waals surface area contributed by atoms with Gasteiger partial charge in [0.05, 0.1) is 10.9 Å². The van der Waals surface area contributed by atoms with Crippen molar-refractivity contribution in [1.82, 2.24) is 14.5 Å². The third-order valence-electron chi connectivity index (χ3n) is 5.12. The van der Waals surface area contributed by atoms with Crippen LogP contribution in [0, 0.1) is 0 Å². The molecule has 1 aliphatic heterocycles. The Morgan fingerprint density at radius 3 is 2.54 bits per heavy atom. The molecule has 0 bridgehead atoms. The zero-order valence-electron chi connectivity index (χ0n) is 17.4. The Bertz CT molecular complexity index is 890. The first kappa shape index (κ1) is 20.4. The van der Waals surface area contributed by atoms with Gasteiger partial charge in [-0.1, -0.05) is 25.5 Å². The van der Waals surface area contributed by atoms with Gasteiger partial charge in [-0.3, -0.25) is 9.36 Å². The first-order valence-electron chi connectivity index (χ1n) is 10.3. The lowest BCUT2D eigenvalue weighted by atomic mass is 10.0. The summed E-state index contributed by atoms with van der Waals surface area (Å²) >= 11 is 0. The van der Waals surface area contributed by atoms with Crippen LogP contribution in [0.2, 0.25) is 0 Å². The summed E-state index contributed by atoms with van der Waals surface area (Å²) in [5, 5.41) is 0.664. The molecular formula is C22H31N3O3. The number of carbonyl (C=O) groups is 1. The molecule has 2 heterocycles. The quantitative estimate of drug-likeness (QED) is 0.787. The van der Waals surface area contributed by atoms with E-state index in [1.165, 1.54) is 0 Å². The lowest BCUT2D eigenvalue weighted by molar-refractivity contribution is 0.0186. The lowest BCUT2D eigenvalue weighted by Crippen LogP contribution is -2.43. The SMILES string of the molecule is CCCCc1nc2ccccc2c(=O)n1C1CCN(C(=O)OC(C)(C)C)CC1. The van der Waals surface area contributed by atoms with Crippen LogP contribution in [0.25, 0.3) is 10.9 Å². The number of benzene rings is 1. The number of para-hydroxylation sites is 1. The number of likely N-dealkylation sites (tertiary alicyclic amines) is 1. The van der Waals surface area contributed by atoms with E-state index in [9.17, 15) is 9.59 Å². The number of amides is 1. The average Bonchev–Trinajstić information content (AvgIpc) is 2.65. The monoisotopic (exact) mass is 385 g/mol. The normalized spacial score (nSPS) is 15.8. The van der Waals surface area contributed by atoms with Gasteiger partial charge in [0, 0.05) is 25.6 Å². The molecule has 1 saturated heterocycles. The lowest BCUT2D eigenvalue weighted by Gasteiger charge is -2.34. The fraction of sp³-hybridized carbons (Fsp3) is 0.591. The molecule has 0 N–H and O–H groups in total. The zero-order valence-corrected chi connectivity index (χ0v) is 17.4. The minimum atomic E-state index is -0.500. The van der Waals surface area contributed by atoms with Gasteiger partial charge in [-0.2, -0.15) is 0 Å². The minimum absolute atomic E-state index is 0.0346. The van der Waals surface area contributed by atoms with Crippen molar-refractivity contribution in [2.45, 2.75) is 71.4 Å². The average molecular weight is 386 g/mol. The molecule has 0 saturated carbocycles. The number of piperidine rings is 1. The zero-order chi connectivity index (χ0) is 20.3. The van der Waals surface area contributed by atoms with Crippen LogP contribution in [-0.2, 0) is 11.2 Å². The van der Waals surface area contributed by atoms with Crippen LogP contribution in [0.4, 0.5) is 4.79 Å². The van der Waals surface area contributed by atoms with E-state index < -0.39 is 5.60 Å². The maximum absolute atomic E-state index is 13.2. The standard InChI is InChI=1S/C22H31N3O3/c1-5-6-11-19-23-18-10-8-7-9-17(18)20(26)25(19)16-12-14-24(15-13-16)21(27)28-22(2,3)4/h7-10,16H,5-6,11-15H2,1-4H3. The van der Waals surface area contributed by atoms with Crippen LogP contribution in [-0.4, -0.2) is 39.2 Å². The molecule has 0 aliphatic carbocycles. The molecule has 0 unspecified atom stereocenters. The fourth-order valence-electron chi connectivity index (χ4n) is 3.71. The first-order chi connectivity index (χ1) is 13.3. The van der Waals surface area contributed by atoms with Crippen molar-refractivity contribution in [2.24, 2.45) is 0 Å². The van der Waals surface area contributed by atoms with Gasteiger partial charge in [0.1, 0.15) is 11.4 Å². The molecule has 0 spiro atoms. The highest BCUT2D eigenvalue weighted by atomic mass is 16.6. The number of hydrogen-bond acceptors (Lipinski definition) is 4. The summed E-state index contributed by atoms with van der Waals surface area (Å²) in [5.41, 5.74) is 0.300. The van der Waals surface area contributed by atoms with Crippen LogP contribution in [0.5, 0.6) is 0 Å². The van der Waals surface area contributed by atoms with E-state index in [-0.39, 0.29) is 17.7 Å². The summed E-state index contributed by atoms with van der Waals surface area (Å²) < 4.78 is 7.38. The molecule has 152 valence electrons. The molecule has 6 nitrogen and oxygen atoms in total. The topological polar surface area (TPSA) is 64.4 Å². The van der Waals surface area contributed by atoms with Crippen molar-refractivity contribution in [3.05, 3.63) is 40.4 Å². The summed E-state index contributed by atoms with van der Waals surface area (Å²) in [6.07, 6.45) is 4.04. The van der Waals surface area contributed by atoms with Gasteiger partial charge >= 0.3 is 6.09 Å². The van der Waals surface area contributed by atoms with Crippen molar-refractivity contribution < 1.29 is 9.53 Å². The van der Waals surface area contributed by atoms with Crippen LogP contribution in [0.1, 0.15) is 65.2 Å². The van der Waals surface area contributed by atoms with Gasteiger partial charge in [0.25, 0.3) is 5.56 Å². The third-order valence-corrected chi connectivity index (χ3v) is 5.12. The Kier molecular flexibility index (Phi) is 6.06. The van der Waals surface area contributed by atoms with Gasteiger partial charge in [-0.05, 0) is 52.2 Å². The Balaban J connectivity index is 1.84. The highest BCUT2D eigenvalue weighted by Gasteiger charge is 2.29. The number of rotatable bonds is 4. The molecule has 0 radical (unpaired) electrons. The molecular weight excluding hydrogens is 354 g/mol. The van der Waals surface area contributed by atoms with E-state index in [2.05, 4.69) is 6.92 Å². The number of fused-ring (bicyclic) bond motifs is 1. The summed E-state index contributed by atoms with van der Waals surface area (Å²) in [6.45, 7) is 8.94. The maximum Gasteiger partial charge on any atom is 0.410 e. The Morgan fingerprint density at radius 2 is 1.89 bits per heavy atom. The van der Waals surface area contributed by atoms with Gasteiger partial charge in [0.15, 0.2) is 0 Å². The summed E-state index contributed by atoms with van der Waals surface area (Å²) in [4.78, 5) is 32.1. The highest BCUT2D eigenvalue weighted by molar-refractivity contribution is 5.77. The van der Waals surface area contributed by atoms with Crippen molar-refractivity contribution in [2.75, 3.05) is 13.1 Å². The second kappa shape index (κ2) is 8.33. The third kappa shape index (κ3) is 4.54. The van der Waals surface area contributed by atoms with Gasteiger partial charge < -0.3 is 9.64 Å². The predicted molar refractivity (Wildman–Crippen MR) is 111 cm³/mol. The number of nitrogens with zero attached hydrogens (tertiary/aromatic N) is 3.